The normalized spacial score (nSPS) is 18.5. The Morgan fingerprint density at radius 2 is 1.93 bits per heavy atom. The number of likely N-dealkylation sites (tertiary alicyclic amines) is 1. The molecule has 2 aliphatic rings. The molecule has 148 valence electrons. The first-order valence-corrected chi connectivity index (χ1v) is 10.0. The van der Waals surface area contributed by atoms with Gasteiger partial charge >= 0.3 is 6.18 Å². The maximum Gasteiger partial charge on any atom is 0.405 e. The van der Waals surface area contributed by atoms with Crippen molar-refractivity contribution in [3.63, 3.8) is 0 Å². The summed E-state index contributed by atoms with van der Waals surface area (Å²) in [6.07, 6.45) is -1.72. The number of halogens is 3. The molecule has 1 atom stereocenters. The topological polar surface area (TPSA) is 49.4 Å². The second-order valence-electron chi connectivity index (χ2n) is 7.11. The molecular formula is C20H19F3N2O2S. The molecule has 4 nitrogen and oxygen atoms in total. The molecule has 0 unspecified atom stereocenters. The van der Waals surface area contributed by atoms with E-state index in [4.69, 9.17) is 0 Å². The van der Waals surface area contributed by atoms with Crippen LogP contribution in [0, 0.1) is 0 Å². The Labute approximate surface area is 164 Å². The monoisotopic (exact) mass is 408 g/mol. The van der Waals surface area contributed by atoms with Crippen LogP contribution in [0.5, 0.6) is 0 Å². The van der Waals surface area contributed by atoms with Crippen LogP contribution < -0.4 is 5.32 Å². The number of nitrogens with one attached hydrogen (secondary N) is 1. The molecule has 0 spiro atoms. The molecule has 8 heteroatoms. The van der Waals surface area contributed by atoms with Gasteiger partial charge in [0.1, 0.15) is 12.6 Å². The van der Waals surface area contributed by atoms with Crippen LogP contribution in [0.2, 0.25) is 0 Å². The molecule has 1 aliphatic carbocycles. The number of fused-ring (bicyclic) bond motifs is 3. The molecule has 1 fully saturated rings. The summed E-state index contributed by atoms with van der Waals surface area (Å²) in [5.74, 6) is -1.02. The summed E-state index contributed by atoms with van der Waals surface area (Å²) in [7, 11) is 0. The van der Waals surface area contributed by atoms with E-state index in [-0.39, 0.29) is 5.91 Å². The molecule has 2 heterocycles. The highest BCUT2D eigenvalue weighted by Crippen LogP contribution is 2.40. The van der Waals surface area contributed by atoms with Crippen LogP contribution in [-0.2, 0) is 17.6 Å². The first kappa shape index (κ1) is 19.0. The smallest absolute Gasteiger partial charge is 0.345 e. The maximum atomic E-state index is 13.0. The summed E-state index contributed by atoms with van der Waals surface area (Å²) in [4.78, 5) is 28.2. The van der Waals surface area contributed by atoms with Gasteiger partial charge in [-0.25, -0.2) is 0 Å². The van der Waals surface area contributed by atoms with E-state index in [1.165, 1.54) is 21.8 Å². The summed E-state index contributed by atoms with van der Waals surface area (Å²) in [6.45, 7) is -1.00. The van der Waals surface area contributed by atoms with E-state index in [1.54, 1.807) is 0 Å². The van der Waals surface area contributed by atoms with Crippen molar-refractivity contribution < 1.29 is 22.8 Å². The van der Waals surface area contributed by atoms with Crippen LogP contribution in [0.15, 0.2) is 30.3 Å². The lowest BCUT2D eigenvalue weighted by molar-refractivity contribution is -0.140. The van der Waals surface area contributed by atoms with Crippen molar-refractivity contribution in [1.29, 1.82) is 0 Å². The zero-order valence-electron chi connectivity index (χ0n) is 15.0. The quantitative estimate of drug-likeness (QED) is 0.840. The van der Waals surface area contributed by atoms with Gasteiger partial charge in [0.25, 0.3) is 5.91 Å². The summed E-state index contributed by atoms with van der Waals surface area (Å²) in [5, 5.41) is 1.91. The number of rotatable bonds is 3. The Balaban J connectivity index is 1.54. The SMILES string of the molecule is O=C(NCC(F)(F)F)[C@@H]1CCCN1C(=O)c1cc2c(s1)-c1ccccc1CC2. The zero-order valence-corrected chi connectivity index (χ0v) is 15.8. The van der Waals surface area contributed by atoms with E-state index in [0.717, 1.165) is 28.8 Å². The highest BCUT2D eigenvalue weighted by Gasteiger charge is 2.37. The van der Waals surface area contributed by atoms with Crippen LogP contribution in [-0.4, -0.2) is 42.0 Å². The lowest BCUT2D eigenvalue weighted by Crippen LogP contribution is -2.47. The average Bonchev–Trinajstić information content (AvgIpc) is 3.32. The van der Waals surface area contributed by atoms with Crippen molar-refractivity contribution in [2.24, 2.45) is 0 Å². The molecule has 4 rings (SSSR count). The largest absolute Gasteiger partial charge is 0.405 e. The van der Waals surface area contributed by atoms with E-state index in [0.29, 0.717) is 24.3 Å². The minimum atomic E-state index is -4.47. The zero-order chi connectivity index (χ0) is 19.9. The maximum absolute atomic E-state index is 13.0. The van der Waals surface area contributed by atoms with Gasteiger partial charge in [-0.1, -0.05) is 24.3 Å². The summed E-state index contributed by atoms with van der Waals surface area (Å²) < 4.78 is 37.1. The summed E-state index contributed by atoms with van der Waals surface area (Å²) in [5.41, 5.74) is 3.50. The molecule has 0 saturated carbocycles. The fraction of sp³-hybridized carbons (Fsp3) is 0.400. The molecule has 2 aromatic rings. The standard InChI is InChI=1S/C20H19F3N2O2S/c21-20(22,23)11-24-18(26)15-6-3-9-25(15)19(27)16-10-13-8-7-12-4-1-2-5-14(12)17(13)28-16/h1-2,4-5,10,15H,3,6-9,11H2,(H,24,26)/t15-/m0/s1. The summed E-state index contributed by atoms with van der Waals surface area (Å²) >= 11 is 1.40. The van der Waals surface area contributed by atoms with Crippen LogP contribution >= 0.6 is 11.3 Å². The van der Waals surface area contributed by atoms with Gasteiger partial charge in [-0.15, -0.1) is 11.3 Å². The minimum absolute atomic E-state index is 0.276. The Bertz CT molecular complexity index is 922. The van der Waals surface area contributed by atoms with Gasteiger partial charge in [-0.05, 0) is 48.4 Å². The van der Waals surface area contributed by atoms with Crippen molar-refractivity contribution in [1.82, 2.24) is 10.2 Å². The molecule has 28 heavy (non-hydrogen) atoms. The van der Waals surface area contributed by atoms with Gasteiger partial charge in [0.2, 0.25) is 5.91 Å². The minimum Gasteiger partial charge on any atom is -0.345 e. The Hall–Kier alpha value is -2.35. The molecule has 0 radical (unpaired) electrons. The fourth-order valence-corrected chi connectivity index (χ4v) is 5.13. The molecule has 1 aromatic carbocycles. The molecule has 0 bridgehead atoms. The number of amides is 2. The third kappa shape index (κ3) is 3.65. The predicted molar refractivity (Wildman–Crippen MR) is 100 cm³/mol. The van der Waals surface area contributed by atoms with E-state index >= 15 is 0 Å². The van der Waals surface area contributed by atoms with Gasteiger partial charge in [0.15, 0.2) is 0 Å². The Kier molecular flexibility index (Phi) is 4.91. The average molecular weight is 408 g/mol. The molecule has 1 saturated heterocycles. The van der Waals surface area contributed by atoms with Crippen molar-refractivity contribution in [3.05, 3.63) is 46.3 Å². The van der Waals surface area contributed by atoms with Gasteiger partial charge in [-0.3, -0.25) is 9.59 Å². The van der Waals surface area contributed by atoms with Gasteiger partial charge in [0, 0.05) is 11.4 Å². The molecule has 1 N–H and O–H groups in total. The number of carbonyl (C=O) groups is 2. The number of nitrogens with zero attached hydrogens (tertiary/aromatic N) is 1. The van der Waals surface area contributed by atoms with Crippen LogP contribution in [0.1, 0.15) is 33.6 Å². The number of aryl methyl sites for hydroxylation is 2. The number of hydrogen-bond acceptors (Lipinski definition) is 3. The third-order valence-corrected chi connectivity index (χ3v) is 6.42. The van der Waals surface area contributed by atoms with Gasteiger partial charge < -0.3 is 10.2 Å². The predicted octanol–water partition coefficient (Wildman–Crippen LogP) is 3.80. The van der Waals surface area contributed by atoms with Crippen LogP contribution in [0.3, 0.4) is 0 Å². The summed E-state index contributed by atoms with van der Waals surface area (Å²) in [6, 6.07) is 9.12. The molecule has 1 aliphatic heterocycles. The third-order valence-electron chi connectivity index (χ3n) is 5.22. The van der Waals surface area contributed by atoms with Crippen molar-refractivity contribution >= 4 is 23.2 Å². The second-order valence-corrected chi connectivity index (χ2v) is 8.16. The number of thiophene rings is 1. The van der Waals surface area contributed by atoms with E-state index in [1.807, 2.05) is 29.6 Å². The van der Waals surface area contributed by atoms with Gasteiger partial charge in [-0.2, -0.15) is 13.2 Å². The Morgan fingerprint density at radius 3 is 2.71 bits per heavy atom. The highest BCUT2D eigenvalue weighted by molar-refractivity contribution is 7.17. The number of carbonyl (C=O) groups excluding carboxylic acids is 2. The number of alkyl halides is 3. The van der Waals surface area contributed by atoms with Crippen molar-refractivity contribution in [2.45, 2.75) is 37.9 Å². The lowest BCUT2D eigenvalue weighted by Gasteiger charge is -2.23. The van der Waals surface area contributed by atoms with E-state index < -0.39 is 24.7 Å². The second kappa shape index (κ2) is 7.24. The van der Waals surface area contributed by atoms with E-state index in [2.05, 4.69) is 6.07 Å². The van der Waals surface area contributed by atoms with Crippen LogP contribution in [0.4, 0.5) is 13.2 Å². The molecule has 1 aromatic heterocycles. The number of hydrogen-bond donors (Lipinski definition) is 1. The van der Waals surface area contributed by atoms with Crippen LogP contribution in [0.25, 0.3) is 10.4 Å². The number of benzene rings is 1. The van der Waals surface area contributed by atoms with E-state index in [9.17, 15) is 22.8 Å². The first-order valence-electron chi connectivity index (χ1n) is 9.20. The van der Waals surface area contributed by atoms with Gasteiger partial charge in [0.05, 0.1) is 4.88 Å². The lowest BCUT2D eigenvalue weighted by atomic mass is 9.91. The Morgan fingerprint density at radius 1 is 1.18 bits per heavy atom. The fourth-order valence-electron chi connectivity index (χ4n) is 3.91. The highest BCUT2D eigenvalue weighted by atomic mass is 32.1. The van der Waals surface area contributed by atoms with Crippen molar-refractivity contribution in [2.75, 3.05) is 13.1 Å². The molecule has 2 amide bonds. The first-order chi connectivity index (χ1) is 13.3. The molecular weight excluding hydrogens is 389 g/mol. The van der Waals surface area contributed by atoms with Crippen molar-refractivity contribution in [3.8, 4) is 10.4 Å².